The van der Waals surface area contributed by atoms with Gasteiger partial charge in [-0.15, -0.1) is 0 Å². The highest BCUT2D eigenvalue weighted by Crippen LogP contribution is 2.32. The van der Waals surface area contributed by atoms with E-state index in [1.54, 1.807) is 20.4 Å². The lowest BCUT2D eigenvalue weighted by Gasteiger charge is -2.20. The number of pyridine rings is 1. The summed E-state index contributed by atoms with van der Waals surface area (Å²) in [7, 11) is 3.30. The van der Waals surface area contributed by atoms with Crippen LogP contribution in [0.15, 0.2) is 12.3 Å². The van der Waals surface area contributed by atoms with Crippen LogP contribution in [0.3, 0.4) is 0 Å². The highest BCUT2D eigenvalue weighted by atomic mass is 16.5. The summed E-state index contributed by atoms with van der Waals surface area (Å²) in [5.41, 5.74) is 0.911. The summed E-state index contributed by atoms with van der Waals surface area (Å²) in [5.74, 6) is 2.99. The third kappa shape index (κ3) is 3.00. The number of nitrogens with zero attached hydrogens (tertiary/aromatic N) is 1. The van der Waals surface area contributed by atoms with Crippen molar-refractivity contribution in [2.75, 3.05) is 14.2 Å². The molecule has 106 valence electrons. The number of aromatic nitrogens is 1. The van der Waals surface area contributed by atoms with Crippen LogP contribution in [0, 0.1) is 11.8 Å². The molecule has 1 aliphatic carbocycles. The predicted octanol–water partition coefficient (Wildman–Crippen LogP) is 2.62. The van der Waals surface area contributed by atoms with Crippen LogP contribution in [0.2, 0.25) is 0 Å². The molecule has 1 saturated carbocycles. The number of nitrogens with one attached hydrogen (secondary N) is 1. The first-order valence-electron chi connectivity index (χ1n) is 6.96. The highest BCUT2D eigenvalue weighted by Gasteiger charge is 2.29. The molecular formula is C15H24N2O2. The molecule has 1 N–H and O–H groups in total. The fraction of sp³-hybridized carbons (Fsp3) is 0.667. The van der Waals surface area contributed by atoms with E-state index in [9.17, 15) is 0 Å². The van der Waals surface area contributed by atoms with Crippen LogP contribution >= 0.6 is 0 Å². The molecule has 4 nitrogen and oxygen atoms in total. The lowest BCUT2D eigenvalue weighted by Crippen LogP contribution is -2.32. The van der Waals surface area contributed by atoms with Gasteiger partial charge >= 0.3 is 0 Å². The fourth-order valence-corrected chi connectivity index (χ4v) is 2.86. The lowest BCUT2D eigenvalue weighted by molar-refractivity contribution is 0.340. The maximum absolute atomic E-state index is 5.40. The largest absolute Gasteiger partial charge is 0.493 e. The van der Waals surface area contributed by atoms with Gasteiger partial charge in [0.05, 0.1) is 19.9 Å². The van der Waals surface area contributed by atoms with Crippen LogP contribution in [0.25, 0.3) is 0 Å². The zero-order chi connectivity index (χ0) is 13.8. The quantitative estimate of drug-likeness (QED) is 0.888. The average Bonchev–Trinajstić information content (AvgIpc) is 2.76. The van der Waals surface area contributed by atoms with E-state index in [0.717, 1.165) is 35.6 Å². The second-order valence-corrected chi connectivity index (χ2v) is 5.39. The molecule has 0 radical (unpaired) electrons. The molecule has 1 aliphatic rings. The number of hydrogen-bond donors (Lipinski definition) is 1. The molecule has 0 amide bonds. The molecule has 0 spiro atoms. The third-order valence-corrected chi connectivity index (χ3v) is 4.36. The van der Waals surface area contributed by atoms with Crippen LogP contribution in [-0.4, -0.2) is 25.2 Å². The minimum atomic E-state index is 0.577. The van der Waals surface area contributed by atoms with Crippen LogP contribution in [0.5, 0.6) is 11.5 Å². The fourth-order valence-electron chi connectivity index (χ4n) is 2.86. The second kappa shape index (κ2) is 6.24. The van der Waals surface area contributed by atoms with Crippen LogP contribution < -0.4 is 14.8 Å². The zero-order valence-corrected chi connectivity index (χ0v) is 12.3. The van der Waals surface area contributed by atoms with Crippen molar-refractivity contribution in [2.24, 2.45) is 11.8 Å². The molecular weight excluding hydrogens is 240 g/mol. The number of hydrogen-bond acceptors (Lipinski definition) is 4. The minimum absolute atomic E-state index is 0.577. The summed E-state index contributed by atoms with van der Waals surface area (Å²) in [6.45, 7) is 5.38. The van der Waals surface area contributed by atoms with Gasteiger partial charge in [-0.05, 0) is 24.7 Å². The van der Waals surface area contributed by atoms with Gasteiger partial charge < -0.3 is 14.8 Å². The Morgan fingerprint density at radius 1 is 1.26 bits per heavy atom. The van der Waals surface area contributed by atoms with Gasteiger partial charge in [-0.2, -0.15) is 0 Å². The van der Waals surface area contributed by atoms with Crippen LogP contribution in [-0.2, 0) is 6.54 Å². The number of ether oxygens (including phenoxy) is 2. The predicted molar refractivity (Wildman–Crippen MR) is 75.5 cm³/mol. The van der Waals surface area contributed by atoms with E-state index >= 15 is 0 Å². The zero-order valence-electron chi connectivity index (χ0n) is 12.3. The molecule has 2 rings (SSSR count). The van der Waals surface area contributed by atoms with Crippen molar-refractivity contribution < 1.29 is 9.47 Å². The number of methoxy groups -OCH3 is 2. The van der Waals surface area contributed by atoms with Crippen molar-refractivity contribution in [1.82, 2.24) is 10.3 Å². The van der Waals surface area contributed by atoms with E-state index in [4.69, 9.17) is 9.47 Å². The maximum Gasteiger partial charge on any atom is 0.183 e. The first-order valence-corrected chi connectivity index (χ1v) is 6.96. The summed E-state index contributed by atoms with van der Waals surface area (Å²) >= 11 is 0. The Hall–Kier alpha value is -1.29. The van der Waals surface area contributed by atoms with Crippen molar-refractivity contribution in [3.8, 4) is 11.5 Å². The van der Waals surface area contributed by atoms with Crippen molar-refractivity contribution in [3.63, 3.8) is 0 Å². The topological polar surface area (TPSA) is 43.4 Å². The Morgan fingerprint density at radius 3 is 2.63 bits per heavy atom. The molecule has 0 bridgehead atoms. The summed E-state index contributed by atoms with van der Waals surface area (Å²) in [6.07, 6.45) is 4.31. The van der Waals surface area contributed by atoms with E-state index in [1.807, 2.05) is 6.07 Å². The van der Waals surface area contributed by atoms with Gasteiger partial charge in [-0.1, -0.05) is 13.8 Å². The molecule has 1 fully saturated rings. The highest BCUT2D eigenvalue weighted by molar-refractivity contribution is 5.42. The number of rotatable bonds is 5. The van der Waals surface area contributed by atoms with Crippen molar-refractivity contribution in [2.45, 2.75) is 39.3 Å². The molecule has 0 aromatic carbocycles. The SMILES string of the molecule is COc1ccnc(CNC2CCC(C)C2C)c1OC. The molecule has 0 saturated heterocycles. The molecule has 3 atom stereocenters. The average molecular weight is 264 g/mol. The molecule has 3 unspecified atom stereocenters. The first kappa shape index (κ1) is 14.1. The van der Waals surface area contributed by atoms with Crippen LogP contribution in [0.4, 0.5) is 0 Å². The first-order chi connectivity index (χ1) is 9.17. The summed E-state index contributed by atoms with van der Waals surface area (Å²) < 4.78 is 10.7. The smallest absolute Gasteiger partial charge is 0.183 e. The van der Waals surface area contributed by atoms with Gasteiger partial charge in [0.2, 0.25) is 0 Å². The van der Waals surface area contributed by atoms with Crippen molar-refractivity contribution in [1.29, 1.82) is 0 Å². The van der Waals surface area contributed by atoms with Gasteiger partial charge in [-0.25, -0.2) is 0 Å². The lowest BCUT2D eigenvalue weighted by atomic mass is 9.98. The van der Waals surface area contributed by atoms with Gasteiger partial charge in [0, 0.05) is 24.8 Å². The third-order valence-electron chi connectivity index (χ3n) is 4.36. The summed E-state index contributed by atoms with van der Waals surface area (Å²) in [4.78, 5) is 4.40. The molecule has 19 heavy (non-hydrogen) atoms. The Kier molecular flexibility index (Phi) is 4.64. The Labute approximate surface area is 115 Å². The van der Waals surface area contributed by atoms with Crippen LogP contribution in [0.1, 0.15) is 32.4 Å². The Bertz CT molecular complexity index is 423. The van der Waals surface area contributed by atoms with E-state index in [0.29, 0.717) is 6.04 Å². The van der Waals surface area contributed by atoms with Crippen molar-refractivity contribution >= 4 is 0 Å². The molecule has 1 aromatic rings. The van der Waals surface area contributed by atoms with E-state index < -0.39 is 0 Å². The maximum atomic E-state index is 5.40. The van der Waals surface area contributed by atoms with E-state index in [-0.39, 0.29) is 0 Å². The second-order valence-electron chi connectivity index (χ2n) is 5.39. The standard InChI is InChI=1S/C15H24N2O2/c1-10-5-6-12(11(10)2)17-9-13-15(19-4)14(18-3)7-8-16-13/h7-8,10-12,17H,5-6,9H2,1-4H3. The van der Waals surface area contributed by atoms with Gasteiger partial charge in [-0.3, -0.25) is 4.98 Å². The van der Waals surface area contributed by atoms with E-state index in [1.165, 1.54) is 12.8 Å². The summed E-state index contributed by atoms with van der Waals surface area (Å²) in [5, 5.41) is 3.61. The molecule has 1 heterocycles. The minimum Gasteiger partial charge on any atom is -0.493 e. The normalized spacial score (nSPS) is 26.4. The summed E-state index contributed by atoms with van der Waals surface area (Å²) in [6, 6.07) is 2.40. The van der Waals surface area contributed by atoms with Gasteiger partial charge in [0.1, 0.15) is 0 Å². The van der Waals surface area contributed by atoms with Crippen molar-refractivity contribution in [3.05, 3.63) is 18.0 Å². The molecule has 4 heteroatoms. The van der Waals surface area contributed by atoms with Gasteiger partial charge in [0.15, 0.2) is 11.5 Å². The monoisotopic (exact) mass is 264 g/mol. The molecule has 1 aromatic heterocycles. The van der Waals surface area contributed by atoms with Gasteiger partial charge in [0.25, 0.3) is 0 Å². The Morgan fingerprint density at radius 2 is 2.05 bits per heavy atom. The van der Waals surface area contributed by atoms with E-state index in [2.05, 4.69) is 24.1 Å². The molecule has 0 aliphatic heterocycles. The Balaban J connectivity index is 2.03.